The third-order valence-electron chi connectivity index (χ3n) is 4.78. The van der Waals surface area contributed by atoms with Gasteiger partial charge in [0.05, 0.1) is 25.3 Å². The summed E-state index contributed by atoms with van der Waals surface area (Å²) in [5.41, 5.74) is -1.40. The van der Waals surface area contributed by atoms with Crippen LogP contribution < -0.4 is 10.1 Å². The molecule has 2 aromatic carbocycles. The molecule has 0 radical (unpaired) electrons. The number of aromatic nitrogens is 1. The molecule has 3 rings (SSSR count). The van der Waals surface area contributed by atoms with Gasteiger partial charge in [0.1, 0.15) is 17.1 Å². The van der Waals surface area contributed by atoms with Gasteiger partial charge in [0, 0.05) is 35.0 Å². The lowest BCUT2D eigenvalue weighted by atomic mass is 9.96. The van der Waals surface area contributed by atoms with Crippen LogP contribution in [-0.4, -0.2) is 25.1 Å². The van der Waals surface area contributed by atoms with E-state index >= 15 is 0 Å². The van der Waals surface area contributed by atoms with Gasteiger partial charge in [0.15, 0.2) is 5.82 Å². The number of halogens is 5. The lowest BCUT2D eigenvalue weighted by Crippen LogP contribution is -2.16. The van der Waals surface area contributed by atoms with E-state index in [2.05, 4.69) is 10.3 Å². The van der Waals surface area contributed by atoms with Gasteiger partial charge in [-0.25, -0.2) is 4.39 Å². The number of nitrogens with one attached hydrogen (secondary N) is 1. The fourth-order valence-corrected chi connectivity index (χ4v) is 3.49. The standard InChI is InChI=1S/C23H16ClF4N3O3/c1-33-11-13-6-17(24)15(16-10-30-20(23(26,27)28)7-12(16)9-29)8-14(13)22(32)31-21-18(25)4-3-5-19(21)34-2/h3-8,10H,11H2,1-2H3,(H,31,32). The summed E-state index contributed by atoms with van der Waals surface area (Å²) in [4.78, 5) is 16.5. The lowest BCUT2D eigenvalue weighted by molar-refractivity contribution is -0.141. The predicted octanol–water partition coefficient (Wildman–Crippen LogP) is 5.84. The Balaban J connectivity index is 2.14. The molecular weight excluding hydrogens is 478 g/mol. The van der Waals surface area contributed by atoms with Crippen molar-refractivity contribution in [1.29, 1.82) is 5.26 Å². The molecule has 0 atom stereocenters. The molecule has 0 bridgehead atoms. The largest absolute Gasteiger partial charge is 0.494 e. The number of rotatable bonds is 6. The molecule has 0 aliphatic heterocycles. The Bertz CT molecular complexity index is 1290. The molecular formula is C23H16ClF4N3O3. The minimum absolute atomic E-state index is 0.00431. The number of anilines is 1. The van der Waals surface area contributed by atoms with E-state index in [0.717, 1.165) is 12.3 Å². The highest BCUT2D eigenvalue weighted by molar-refractivity contribution is 6.33. The van der Waals surface area contributed by atoms with Crippen molar-refractivity contribution in [2.75, 3.05) is 19.5 Å². The van der Waals surface area contributed by atoms with Crippen molar-refractivity contribution in [2.24, 2.45) is 0 Å². The van der Waals surface area contributed by atoms with Crippen LogP contribution in [0, 0.1) is 17.1 Å². The highest BCUT2D eigenvalue weighted by Crippen LogP contribution is 2.36. The van der Waals surface area contributed by atoms with Crippen LogP contribution in [0.1, 0.15) is 27.2 Å². The van der Waals surface area contributed by atoms with E-state index in [1.165, 1.54) is 38.5 Å². The maximum Gasteiger partial charge on any atom is 0.433 e. The fourth-order valence-electron chi connectivity index (χ4n) is 3.20. The van der Waals surface area contributed by atoms with Crippen molar-refractivity contribution in [3.8, 4) is 22.9 Å². The van der Waals surface area contributed by atoms with E-state index in [1.807, 2.05) is 0 Å². The molecule has 1 amide bonds. The summed E-state index contributed by atoms with van der Waals surface area (Å²) in [6.07, 6.45) is -3.89. The minimum atomic E-state index is -4.75. The Labute approximate surface area is 196 Å². The number of nitriles is 1. The number of pyridine rings is 1. The molecule has 3 aromatic rings. The highest BCUT2D eigenvalue weighted by atomic mass is 35.5. The zero-order valence-electron chi connectivity index (χ0n) is 17.8. The van der Waals surface area contributed by atoms with Crippen LogP contribution in [0.5, 0.6) is 5.75 Å². The summed E-state index contributed by atoms with van der Waals surface area (Å²) >= 11 is 6.34. The van der Waals surface area contributed by atoms with Gasteiger partial charge in [-0.2, -0.15) is 18.4 Å². The molecule has 34 heavy (non-hydrogen) atoms. The van der Waals surface area contributed by atoms with Crippen LogP contribution >= 0.6 is 11.6 Å². The van der Waals surface area contributed by atoms with Crippen LogP contribution in [0.3, 0.4) is 0 Å². The quantitative estimate of drug-likeness (QED) is 0.436. The number of carbonyl (C=O) groups excluding carboxylic acids is 1. The van der Waals surface area contributed by atoms with Crippen molar-refractivity contribution in [3.63, 3.8) is 0 Å². The topological polar surface area (TPSA) is 84.2 Å². The van der Waals surface area contributed by atoms with Gasteiger partial charge in [-0.3, -0.25) is 9.78 Å². The van der Waals surface area contributed by atoms with Gasteiger partial charge in [0.25, 0.3) is 5.91 Å². The average molecular weight is 494 g/mol. The fraction of sp³-hybridized carbons (Fsp3) is 0.174. The van der Waals surface area contributed by atoms with E-state index in [-0.39, 0.29) is 45.3 Å². The Morgan fingerprint density at radius 1 is 1.21 bits per heavy atom. The first-order valence-corrected chi connectivity index (χ1v) is 9.91. The zero-order chi connectivity index (χ0) is 25.0. The summed E-state index contributed by atoms with van der Waals surface area (Å²) in [5, 5.41) is 11.9. The Morgan fingerprint density at radius 3 is 2.56 bits per heavy atom. The first-order valence-electron chi connectivity index (χ1n) is 9.53. The number of nitrogens with zero attached hydrogens (tertiary/aromatic N) is 2. The van der Waals surface area contributed by atoms with Gasteiger partial charge in [0.2, 0.25) is 0 Å². The number of para-hydroxylation sites is 1. The van der Waals surface area contributed by atoms with E-state index in [0.29, 0.717) is 11.6 Å². The van der Waals surface area contributed by atoms with Crippen molar-refractivity contribution in [2.45, 2.75) is 12.8 Å². The molecule has 0 saturated carbocycles. The number of hydrogen-bond donors (Lipinski definition) is 1. The second kappa shape index (κ2) is 10.1. The van der Waals surface area contributed by atoms with Crippen LogP contribution in [0.4, 0.5) is 23.2 Å². The number of carbonyl (C=O) groups is 1. The van der Waals surface area contributed by atoms with Gasteiger partial charge < -0.3 is 14.8 Å². The summed E-state index contributed by atoms with van der Waals surface area (Å²) in [7, 11) is 2.69. The average Bonchev–Trinajstić information content (AvgIpc) is 2.79. The maximum atomic E-state index is 14.3. The molecule has 0 fully saturated rings. The molecule has 1 heterocycles. The first-order chi connectivity index (χ1) is 16.1. The highest BCUT2D eigenvalue weighted by Gasteiger charge is 2.33. The summed E-state index contributed by atoms with van der Waals surface area (Å²) < 4.78 is 63.6. The second-order valence-electron chi connectivity index (χ2n) is 6.92. The Hall–Kier alpha value is -3.68. The first kappa shape index (κ1) is 25.0. The van der Waals surface area contributed by atoms with E-state index in [4.69, 9.17) is 21.1 Å². The van der Waals surface area contributed by atoms with Crippen molar-refractivity contribution >= 4 is 23.2 Å². The van der Waals surface area contributed by atoms with Crippen LogP contribution in [-0.2, 0) is 17.5 Å². The molecule has 176 valence electrons. The van der Waals surface area contributed by atoms with E-state index < -0.39 is 23.6 Å². The van der Waals surface area contributed by atoms with Crippen LogP contribution in [0.15, 0.2) is 42.6 Å². The normalized spacial score (nSPS) is 11.1. The van der Waals surface area contributed by atoms with Crippen molar-refractivity contribution < 1.29 is 31.8 Å². The van der Waals surface area contributed by atoms with Crippen molar-refractivity contribution in [3.05, 3.63) is 75.8 Å². The smallest absolute Gasteiger partial charge is 0.433 e. The van der Waals surface area contributed by atoms with E-state index in [9.17, 15) is 27.6 Å². The number of benzene rings is 2. The summed E-state index contributed by atoms with van der Waals surface area (Å²) in [6, 6.07) is 8.95. The minimum Gasteiger partial charge on any atom is -0.494 e. The number of alkyl halides is 3. The Morgan fingerprint density at radius 2 is 1.94 bits per heavy atom. The summed E-state index contributed by atoms with van der Waals surface area (Å²) in [5.74, 6) is -1.42. The van der Waals surface area contributed by atoms with E-state index in [1.54, 1.807) is 6.07 Å². The third-order valence-corrected chi connectivity index (χ3v) is 5.09. The Kier molecular flexibility index (Phi) is 7.39. The zero-order valence-corrected chi connectivity index (χ0v) is 18.5. The third kappa shape index (κ3) is 5.11. The molecule has 0 aliphatic carbocycles. The van der Waals surface area contributed by atoms with Crippen molar-refractivity contribution in [1.82, 2.24) is 4.98 Å². The number of ether oxygens (including phenoxy) is 2. The van der Waals surface area contributed by atoms with Gasteiger partial charge >= 0.3 is 6.18 Å². The van der Waals surface area contributed by atoms with Gasteiger partial charge in [-0.1, -0.05) is 17.7 Å². The molecule has 0 saturated heterocycles. The molecule has 6 nitrogen and oxygen atoms in total. The monoisotopic (exact) mass is 493 g/mol. The number of methoxy groups -OCH3 is 2. The second-order valence-corrected chi connectivity index (χ2v) is 7.33. The van der Waals surface area contributed by atoms with Crippen LogP contribution in [0.2, 0.25) is 5.02 Å². The molecule has 11 heteroatoms. The molecule has 0 spiro atoms. The lowest BCUT2D eigenvalue weighted by Gasteiger charge is -2.16. The molecule has 1 aromatic heterocycles. The molecule has 0 aliphatic rings. The van der Waals surface area contributed by atoms with Gasteiger partial charge in [-0.15, -0.1) is 0 Å². The van der Waals surface area contributed by atoms with Gasteiger partial charge in [-0.05, 0) is 35.9 Å². The number of amides is 1. The maximum absolute atomic E-state index is 14.3. The van der Waals surface area contributed by atoms with Crippen LogP contribution in [0.25, 0.3) is 11.1 Å². The molecule has 0 unspecified atom stereocenters. The summed E-state index contributed by atoms with van der Waals surface area (Å²) in [6.45, 7) is -0.0481. The molecule has 1 N–H and O–H groups in total. The predicted molar refractivity (Wildman–Crippen MR) is 116 cm³/mol. The SMILES string of the molecule is COCc1cc(Cl)c(-c2cnc(C(F)(F)F)cc2C#N)cc1C(=O)Nc1c(F)cccc1OC. The number of hydrogen-bond acceptors (Lipinski definition) is 5.